The zero-order chi connectivity index (χ0) is 25.9. The van der Waals surface area contributed by atoms with Gasteiger partial charge in [0.1, 0.15) is 0 Å². The van der Waals surface area contributed by atoms with Gasteiger partial charge in [-0.25, -0.2) is 0 Å². The van der Waals surface area contributed by atoms with E-state index in [0.29, 0.717) is 29.4 Å². The number of carboxylic acids is 1. The number of aromatic nitrogens is 1. The minimum atomic E-state index is -1.04. The topological polar surface area (TPSA) is 70.5 Å². The van der Waals surface area contributed by atoms with Crippen LogP contribution in [-0.2, 0) is 16.0 Å². The number of carbonyl (C=O) groups excluding carboxylic acids is 1. The number of likely N-dealkylation sites (tertiary alicyclic amines) is 1. The number of amides is 1. The molecule has 1 aliphatic rings. The molecule has 1 N–H and O–H groups in total. The van der Waals surface area contributed by atoms with Gasteiger partial charge in [0.15, 0.2) is 0 Å². The van der Waals surface area contributed by atoms with E-state index in [2.05, 4.69) is 4.98 Å². The number of rotatable bonds is 8. The maximum atomic E-state index is 14.0. The maximum Gasteiger partial charge on any atom is 0.304 e. The van der Waals surface area contributed by atoms with Crippen LogP contribution in [0.3, 0.4) is 0 Å². The molecule has 0 radical (unpaired) electrons. The Morgan fingerprint density at radius 3 is 2.44 bits per heavy atom. The lowest BCUT2D eigenvalue weighted by molar-refractivity contribution is -0.157. The number of pyridine rings is 1. The third-order valence-corrected chi connectivity index (χ3v) is 7.46. The van der Waals surface area contributed by atoms with E-state index in [4.69, 9.17) is 23.2 Å². The summed E-state index contributed by atoms with van der Waals surface area (Å²) in [4.78, 5) is 32.3. The largest absolute Gasteiger partial charge is 0.481 e. The van der Waals surface area contributed by atoms with Crippen LogP contribution in [0.5, 0.6) is 0 Å². The number of aliphatic carboxylic acids is 1. The molecule has 1 aliphatic heterocycles. The molecule has 3 unspecified atom stereocenters. The molecule has 2 aromatic carbocycles. The number of halogens is 2. The molecule has 1 saturated heterocycles. The third-order valence-electron chi connectivity index (χ3n) is 6.97. The summed E-state index contributed by atoms with van der Waals surface area (Å²) in [5, 5.41) is 10.9. The Balaban J connectivity index is 1.74. The fourth-order valence-corrected chi connectivity index (χ4v) is 5.70. The minimum absolute atomic E-state index is 0.135. The molecular formula is C29H30Cl2N2O3. The van der Waals surface area contributed by atoms with Crippen LogP contribution in [0.15, 0.2) is 66.7 Å². The van der Waals surface area contributed by atoms with Crippen LogP contribution in [0.2, 0.25) is 10.0 Å². The van der Waals surface area contributed by atoms with Gasteiger partial charge in [0, 0.05) is 33.9 Å². The summed E-state index contributed by atoms with van der Waals surface area (Å²) in [5.74, 6) is -1.26. The highest BCUT2D eigenvalue weighted by Gasteiger charge is 2.50. The van der Waals surface area contributed by atoms with E-state index in [1.165, 1.54) is 0 Å². The average Bonchev–Trinajstić information content (AvgIpc) is 2.82. The van der Waals surface area contributed by atoms with Crippen molar-refractivity contribution in [1.29, 1.82) is 0 Å². The Bertz CT molecular complexity index is 1250. The molecule has 1 amide bonds. The molecule has 2 heterocycles. The number of benzene rings is 2. The highest BCUT2D eigenvalue weighted by Crippen LogP contribution is 2.51. The summed E-state index contributed by atoms with van der Waals surface area (Å²) in [7, 11) is 0. The predicted molar refractivity (Wildman–Crippen MR) is 142 cm³/mol. The van der Waals surface area contributed by atoms with Gasteiger partial charge >= 0.3 is 5.97 Å². The first-order valence-corrected chi connectivity index (χ1v) is 12.9. The van der Waals surface area contributed by atoms with Crippen molar-refractivity contribution < 1.29 is 14.7 Å². The van der Waals surface area contributed by atoms with Crippen molar-refractivity contribution in [3.8, 4) is 0 Å². The number of piperidine rings is 1. The zero-order valence-corrected chi connectivity index (χ0v) is 22.0. The first-order valence-electron chi connectivity index (χ1n) is 12.1. The monoisotopic (exact) mass is 524 g/mol. The summed E-state index contributed by atoms with van der Waals surface area (Å²) in [6.07, 6.45) is 1.60. The number of aryl methyl sites for hydroxylation is 2. The molecule has 3 aromatic rings. The highest BCUT2D eigenvalue weighted by molar-refractivity contribution is 6.30. The Morgan fingerprint density at radius 2 is 1.78 bits per heavy atom. The Labute approximate surface area is 222 Å². The molecule has 188 valence electrons. The first kappa shape index (κ1) is 26.2. The summed E-state index contributed by atoms with van der Waals surface area (Å²) in [6.45, 7) is 4.21. The van der Waals surface area contributed by atoms with Gasteiger partial charge in [-0.15, -0.1) is 0 Å². The number of nitrogens with zero attached hydrogens (tertiary/aromatic N) is 2. The highest BCUT2D eigenvalue weighted by atomic mass is 35.5. The van der Waals surface area contributed by atoms with Crippen molar-refractivity contribution in [2.24, 2.45) is 5.41 Å². The van der Waals surface area contributed by atoms with Gasteiger partial charge in [0.25, 0.3) is 0 Å². The van der Waals surface area contributed by atoms with Crippen molar-refractivity contribution in [1.82, 2.24) is 9.88 Å². The van der Waals surface area contributed by atoms with Crippen LogP contribution in [0.25, 0.3) is 0 Å². The molecule has 4 rings (SSSR count). The van der Waals surface area contributed by atoms with E-state index in [1.54, 1.807) is 6.92 Å². The smallest absolute Gasteiger partial charge is 0.304 e. The van der Waals surface area contributed by atoms with E-state index in [0.717, 1.165) is 28.9 Å². The fraction of sp³-hybridized carbons (Fsp3) is 0.345. The second-order valence-corrected chi connectivity index (χ2v) is 10.7. The van der Waals surface area contributed by atoms with Crippen molar-refractivity contribution in [3.63, 3.8) is 0 Å². The molecule has 0 spiro atoms. The summed E-state index contributed by atoms with van der Waals surface area (Å²) in [6, 6.07) is 20.9. The van der Waals surface area contributed by atoms with Crippen LogP contribution in [0, 0.1) is 12.3 Å². The van der Waals surface area contributed by atoms with E-state index in [-0.39, 0.29) is 24.3 Å². The van der Waals surface area contributed by atoms with Crippen LogP contribution in [-0.4, -0.2) is 33.4 Å². The SMILES string of the molecule is Cc1cccc(CCCN2C(=O)C(C)(CC(=O)O)CC(c3cccc(Cl)c3)C2c2ccc(Cl)cc2)n1. The minimum Gasteiger partial charge on any atom is -0.481 e. The van der Waals surface area contributed by atoms with Gasteiger partial charge in [-0.05, 0) is 73.7 Å². The van der Waals surface area contributed by atoms with Crippen molar-refractivity contribution in [3.05, 3.63) is 99.3 Å². The number of hydrogen-bond donors (Lipinski definition) is 1. The molecule has 3 atom stereocenters. The molecule has 1 aromatic heterocycles. The maximum absolute atomic E-state index is 14.0. The first-order chi connectivity index (χ1) is 17.2. The lowest BCUT2D eigenvalue weighted by Crippen LogP contribution is -2.52. The number of carbonyl (C=O) groups is 2. The molecule has 7 heteroatoms. The fourth-order valence-electron chi connectivity index (χ4n) is 5.38. The van der Waals surface area contributed by atoms with Crippen LogP contribution < -0.4 is 0 Å². The van der Waals surface area contributed by atoms with Gasteiger partial charge in [-0.1, -0.05) is 60.5 Å². The van der Waals surface area contributed by atoms with Crippen LogP contribution in [0.1, 0.15) is 60.7 Å². The van der Waals surface area contributed by atoms with Gasteiger partial charge in [-0.2, -0.15) is 0 Å². The molecule has 0 bridgehead atoms. The summed E-state index contributed by atoms with van der Waals surface area (Å²) >= 11 is 12.6. The van der Waals surface area contributed by atoms with Crippen LogP contribution in [0.4, 0.5) is 0 Å². The average molecular weight is 525 g/mol. The number of carboxylic acid groups (broad SMARTS) is 1. The van der Waals surface area contributed by atoms with Crippen molar-refractivity contribution in [2.45, 2.75) is 51.5 Å². The predicted octanol–water partition coefficient (Wildman–Crippen LogP) is 6.87. The molecular weight excluding hydrogens is 495 g/mol. The van der Waals surface area contributed by atoms with Crippen LogP contribution >= 0.6 is 23.2 Å². The van der Waals surface area contributed by atoms with Crippen molar-refractivity contribution >= 4 is 35.1 Å². The quantitative estimate of drug-likeness (QED) is 0.349. The van der Waals surface area contributed by atoms with Gasteiger partial charge in [0.2, 0.25) is 5.91 Å². The van der Waals surface area contributed by atoms with E-state index in [9.17, 15) is 14.7 Å². The standard InChI is InChI=1S/C29H30Cl2N2O3/c1-19-6-3-9-24(32-19)10-5-15-33-27(20-11-13-22(30)14-12-20)25(21-7-4-8-23(31)16-21)17-29(2,28(33)36)18-26(34)35/h3-4,6-9,11-14,16,25,27H,5,10,15,17-18H2,1-2H3,(H,34,35). The summed E-state index contributed by atoms with van der Waals surface area (Å²) in [5.41, 5.74) is 2.84. The Kier molecular flexibility index (Phi) is 8.01. The van der Waals surface area contributed by atoms with Gasteiger partial charge in [-0.3, -0.25) is 14.6 Å². The molecule has 5 nitrogen and oxygen atoms in total. The molecule has 0 aliphatic carbocycles. The summed E-state index contributed by atoms with van der Waals surface area (Å²) < 4.78 is 0. The normalized spacial score (nSPS) is 22.0. The lowest BCUT2D eigenvalue weighted by atomic mass is 9.67. The molecule has 36 heavy (non-hydrogen) atoms. The molecule has 1 fully saturated rings. The second-order valence-electron chi connectivity index (χ2n) is 9.87. The number of hydrogen-bond acceptors (Lipinski definition) is 3. The van der Waals surface area contributed by atoms with Crippen molar-refractivity contribution in [2.75, 3.05) is 6.54 Å². The zero-order valence-electron chi connectivity index (χ0n) is 20.5. The van der Waals surface area contributed by atoms with E-state index >= 15 is 0 Å². The van der Waals surface area contributed by atoms with Gasteiger partial charge in [0.05, 0.1) is 17.9 Å². The van der Waals surface area contributed by atoms with Gasteiger partial charge < -0.3 is 10.0 Å². The Morgan fingerprint density at radius 1 is 1.06 bits per heavy atom. The van der Waals surface area contributed by atoms with E-state index in [1.807, 2.05) is 78.6 Å². The second kappa shape index (κ2) is 11.0. The van der Waals surface area contributed by atoms with E-state index < -0.39 is 11.4 Å². The third kappa shape index (κ3) is 5.91. The Hall–Kier alpha value is -2.89. The lowest BCUT2D eigenvalue weighted by Gasteiger charge is -2.49. The molecule has 0 saturated carbocycles.